The molecular weight excluding hydrogens is 1320 g/mol. The molecule has 1 aliphatic heterocycles. The van der Waals surface area contributed by atoms with Crippen LogP contribution in [0, 0.1) is 0 Å². The largest absolute Gasteiger partial charge is 0.480 e. The molecule has 0 saturated carbocycles. The van der Waals surface area contributed by atoms with Crippen LogP contribution in [-0.2, 0) is 68.6 Å². The van der Waals surface area contributed by atoms with Gasteiger partial charge in [0.05, 0.1) is 39.1 Å². The van der Waals surface area contributed by atoms with E-state index in [1.54, 1.807) is 0 Å². The number of unbranched alkanes of at least 4 members (excludes halogenated alkanes) is 42. The van der Waals surface area contributed by atoms with E-state index in [-0.39, 0.29) is 32.1 Å². The monoisotopic (exact) mass is 1470 g/mol. The van der Waals surface area contributed by atoms with E-state index in [0.29, 0.717) is 51.6 Å². The van der Waals surface area contributed by atoms with Crippen molar-refractivity contribution in [1.82, 2.24) is 10.6 Å². The maximum Gasteiger partial charge on any atom is 0.328 e. The number of hydrogen-bond donors (Lipinski definition) is 5. The predicted octanol–water partition coefficient (Wildman–Crippen LogP) is 20.4. The van der Waals surface area contributed by atoms with Crippen LogP contribution in [0.2, 0.25) is 0 Å². The molecular formula is C86H154N2O16. The van der Waals surface area contributed by atoms with Gasteiger partial charge < -0.3 is 49.6 Å². The summed E-state index contributed by atoms with van der Waals surface area (Å²) < 4.78 is 30.8. The lowest BCUT2D eigenvalue weighted by molar-refractivity contribution is -0.325. The number of carboxylic acid groups (broad SMARTS) is 1. The van der Waals surface area contributed by atoms with Gasteiger partial charge in [0.25, 0.3) is 0 Å². The molecule has 5 N–H and O–H groups in total. The Bertz CT molecular complexity index is 2210. The normalized spacial score (nSPS) is 17.1. The smallest absolute Gasteiger partial charge is 0.328 e. The predicted molar refractivity (Wildman–Crippen MR) is 417 cm³/mol. The molecule has 18 nitrogen and oxygen atoms in total. The number of carboxylic acids is 1. The van der Waals surface area contributed by atoms with Crippen molar-refractivity contribution >= 4 is 35.7 Å². The molecule has 0 unspecified atom stereocenters. The molecule has 1 saturated heterocycles. The molecule has 18 heteroatoms. The fourth-order valence-electron chi connectivity index (χ4n) is 13.9. The highest BCUT2D eigenvalue weighted by atomic mass is 17.2. The van der Waals surface area contributed by atoms with E-state index in [2.05, 4.69) is 69.5 Å². The van der Waals surface area contributed by atoms with E-state index in [0.717, 1.165) is 173 Å². The maximum atomic E-state index is 14.7. The van der Waals surface area contributed by atoms with Crippen molar-refractivity contribution in [3.63, 3.8) is 0 Å². The van der Waals surface area contributed by atoms with Gasteiger partial charge in [-0.25, -0.2) is 14.6 Å². The number of ether oxygens (including phenoxy) is 5. The van der Waals surface area contributed by atoms with Crippen molar-refractivity contribution < 1.29 is 77.5 Å². The third-order valence-corrected chi connectivity index (χ3v) is 20.4. The van der Waals surface area contributed by atoms with Crippen LogP contribution in [0.1, 0.15) is 400 Å². The number of carbonyl (C=O) groups excluding carboxylic acids is 5. The van der Waals surface area contributed by atoms with Gasteiger partial charge >= 0.3 is 23.9 Å². The molecule has 2 amide bonds. The van der Waals surface area contributed by atoms with Gasteiger partial charge in [0.1, 0.15) is 36.6 Å². The number of amides is 2. The quantitative estimate of drug-likeness (QED) is 0.0134. The Morgan fingerprint density at radius 2 is 0.837 bits per heavy atom. The third-order valence-electron chi connectivity index (χ3n) is 20.4. The number of hydrogen-bond acceptors (Lipinski definition) is 15. The van der Waals surface area contributed by atoms with Gasteiger partial charge in [-0.15, -0.1) is 0 Å². The molecule has 0 radical (unpaired) electrons. The van der Waals surface area contributed by atoms with Crippen molar-refractivity contribution in [2.75, 3.05) is 19.8 Å². The average Bonchev–Trinajstić information content (AvgIpc) is 0.793. The Morgan fingerprint density at radius 3 is 1.27 bits per heavy atom. The molecule has 9 atom stereocenters. The number of carbonyl (C=O) groups is 6. The second kappa shape index (κ2) is 68.1. The minimum Gasteiger partial charge on any atom is -0.480 e. The number of aliphatic hydroxyl groups is 2. The highest BCUT2D eigenvalue weighted by Crippen LogP contribution is 2.28. The number of aliphatic hydroxyl groups excluding tert-OH is 2. The Morgan fingerprint density at radius 1 is 0.452 bits per heavy atom. The number of benzene rings is 1. The summed E-state index contributed by atoms with van der Waals surface area (Å²) in [5.41, 5.74) is 1.37. The molecule has 1 fully saturated rings. The summed E-state index contributed by atoms with van der Waals surface area (Å²) in [4.78, 5) is 95.1. The lowest BCUT2D eigenvalue weighted by atomic mass is 9.96. The van der Waals surface area contributed by atoms with E-state index in [9.17, 15) is 44.1 Å². The standard InChI is InChI=1S/C86H154N2O16/c1-6-11-16-21-26-29-36-41-51-60-72(100-79(92)63-54-44-33-24-19-14-9-4)66-78(91)88-82-84(103-81(94)68-73(61-52-42-37-30-27-22-17-12-7-2)101-80(93)64-55-45-34-25-20-15-10-5)83(95)76(69-89)102-86(82)98-70-75(85(96)97)87-77(90)67-74(62-53-43-38-31-28-23-18-13-8-3)104-99-65-56-46-39-32-35-40-48-57-71-58-49-47-50-59-71/h47,49-50,58-59,72-76,82-84,86,89,95H,6-46,48,51-57,60-70H2,1-5H3,(H,87,90)(H,88,91)(H,96,97)/t72-,73-,74-,75-,76-,82-,83+,84-,86-/m1/s1. The van der Waals surface area contributed by atoms with Crippen LogP contribution < -0.4 is 10.6 Å². The first-order valence-electron chi connectivity index (χ1n) is 43.1. The molecule has 1 aromatic rings. The number of esters is 3. The van der Waals surface area contributed by atoms with Crippen molar-refractivity contribution in [3.8, 4) is 0 Å². The third kappa shape index (κ3) is 52.8. The lowest BCUT2D eigenvalue weighted by Crippen LogP contribution is -2.66. The summed E-state index contributed by atoms with van der Waals surface area (Å²) in [5, 5.41) is 39.0. The second-order valence-corrected chi connectivity index (χ2v) is 30.2. The first kappa shape index (κ1) is 95.9. The van der Waals surface area contributed by atoms with Crippen LogP contribution in [-0.4, -0.2) is 126 Å². The van der Waals surface area contributed by atoms with Crippen molar-refractivity contribution in [1.29, 1.82) is 0 Å². The first-order valence-corrected chi connectivity index (χ1v) is 43.1. The van der Waals surface area contributed by atoms with E-state index in [4.69, 9.17) is 33.5 Å². The summed E-state index contributed by atoms with van der Waals surface area (Å²) in [7, 11) is 0. The van der Waals surface area contributed by atoms with E-state index >= 15 is 0 Å². The van der Waals surface area contributed by atoms with Crippen molar-refractivity contribution in [2.24, 2.45) is 0 Å². The fourth-order valence-corrected chi connectivity index (χ4v) is 13.9. The summed E-state index contributed by atoms with van der Waals surface area (Å²) in [6.45, 7) is 9.81. The molecule has 604 valence electrons. The molecule has 1 aromatic carbocycles. The number of aliphatic carboxylic acids is 1. The maximum absolute atomic E-state index is 14.7. The van der Waals surface area contributed by atoms with Gasteiger partial charge in [0, 0.05) is 12.8 Å². The van der Waals surface area contributed by atoms with Gasteiger partial charge in [-0.3, -0.25) is 24.0 Å². The Kier molecular flexibility index (Phi) is 62.8. The first-order chi connectivity index (χ1) is 50.8. The van der Waals surface area contributed by atoms with Crippen molar-refractivity contribution in [3.05, 3.63) is 35.9 Å². The van der Waals surface area contributed by atoms with E-state index < -0.39 is 104 Å². The van der Waals surface area contributed by atoms with E-state index in [1.165, 1.54) is 121 Å². The van der Waals surface area contributed by atoms with Gasteiger partial charge in [0.15, 0.2) is 18.4 Å². The molecule has 0 aliphatic carbocycles. The summed E-state index contributed by atoms with van der Waals surface area (Å²) >= 11 is 0. The molecule has 0 aromatic heterocycles. The van der Waals surface area contributed by atoms with Crippen LogP contribution >= 0.6 is 0 Å². The van der Waals surface area contributed by atoms with E-state index in [1.807, 2.05) is 6.07 Å². The molecule has 104 heavy (non-hydrogen) atoms. The van der Waals surface area contributed by atoms with Gasteiger partial charge in [-0.1, -0.05) is 335 Å². The molecule has 0 spiro atoms. The zero-order valence-corrected chi connectivity index (χ0v) is 66.7. The van der Waals surface area contributed by atoms with Crippen LogP contribution in [0.15, 0.2) is 30.3 Å². The molecule has 1 heterocycles. The van der Waals surface area contributed by atoms with Crippen LogP contribution in [0.4, 0.5) is 0 Å². The fraction of sp³-hybridized carbons (Fsp3) is 0.860. The Labute approximate surface area is 632 Å². The minimum absolute atomic E-state index is 0.197. The zero-order chi connectivity index (χ0) is 75.6. The van der Waals surface area contributed by atoms with Gasteiger partial charge in [-0.2, -0.15) is 0 Å². The van der Waals surface area contributed by atoms with Gasteiger partial charge in [0.2, 0.25) is 11.8 Å². The van der Waals surface area contributed by atoms with Gasteiger partial charge in [-0.05, 0) is 69.8 Å². The Balaban J connectivity index is 2.44. The summed E-state index contributed by atoms with van der Waals surface area (Å²) in [6, 6.07) is 7.38. The molecule has 1 aliphatic rings. The number of aryl methyl sites for hydroxylation is 1. The topological polar surface area (TPSA) is 252 Å². The SMILES string of the molecule is CCCCCCCCCCC[C@H](CC(=O)N[C@H](CO[C@@H]1O[C@H](CO)[C@H](O)[C@H](OC(=O)C[C@@H](CCCCCCCCCCC)OC(=O)CCCCCCCCC)[C@H]1NC(=O)C[C@@H](CCCCCCCCCCC)OC(=O)CCCCCCCCC)C(=O)O)OOCCCCCCCCCc1ccccc1. The average molecular weight is 1470 g/mol. The van der Waals surface area contributed by atoms with Crippen LogP contribution in [0.3, 0.4) is 0 Å². The number of rotatable bonds is 74. The van der Waals surface area contributed by atoms with Crippen LogP contribution in [0.5, 0.6) is 0 Å². The summed E-state index contributed by atoms with van der Waals surface area (Å²) in [5.74, 6) is -4.37. The molecule has 2 rings (SSSR count). The second-order valence-electron chi connectivity index (χ2n) is 30.2. The highest BCUT2D eigenvalue weighted by Gasteiger charge is 2.49. The summed E-state index contributed by atoms with van der Waals surface area (Å²) in [6.07, 6.45) is 44.1. The zero-order valence-electron chi connectivity index (χ0n) is 66.7. The number of nitrogens with one attached hydrogen (secondary N) is 2. The highest BCUT2D eigenvalue weighted by molar-refractivity contribution is 5.84. The van der Waals surface area contributed by atoms with Crippen molar-refractivity contribution in [2.45, 2.75) is 456 Å². The lowest BCUT2D eigenvalue weighted by Gasteiger charge is -2.44. The minimum atomic E-state index is -1.75. The molecule has 0 bridgehead atoms. The van der Waals surface area contributed by atoms with Crippen LogP contribution in [0.25, 0.3) is 0 Å². The Hall–Kier alpha value is -4.20.